The van der Waals surface area contributed by atoms with E-state index < -0.39 is 23.1 Å². The van der Waals surface area contributed by atoms with E-state index in [-0.39, 0.29) is 12.0 Å². The average Bonchev–Trinajstić information content (AvgIpc) is 2.34. The number of rotatable bonds is 5. The summed E-state index contributed by atoms with van der Waals surface area (Å²) in [7, 11) is 0. The van der Waals surface area contributed by atoms with E-state index in [9.17, 15) is 13.6 Å². The van der Waals surface area contributed by atoms with Crippen LogP contribution in [0.1, 0.15) is 12.5 Å². The van der Waals surface area contributed by atoms with E-state index in [2.05, 4.69) is 37.2 Å². The van der Waals surface area contributed by atoms with Crippen LogP contribution in [0.25, 0.3) is 0 Å². The quantitative estimate of drug-likeness (QED) is 0.776. The van der Waals surface area contributed by atoms with E-state index in [0.717, 1.165) is 12.1 Å². The van der Waals surface area contributed by atoms with Crippen molar-refractivity contribution in [2.24, 2.45) is 0 Å². The average molecular weight is 385 g/mol. The first-order valence-corrected chi connectivity index (χ1v) is 7.52. The lowest BCUT2D eigenvalue weighted by Crippen LogP contribution is -2.49. The molecule has 1 rings (SSSR count). The van der Waals surface area contributed by atoms with Crippen LogP contribution in [0.2, 0.25) is 0 Å². The largest absolute Gasteiger partial charge is 0.349 e. The van der Waals surface area contributed by atoms with Crippen LogP contribution in [0, 0.1) is 11.6 Å². The van der Waals surface area contributed by atoms with Gasteiger partial charge in [-0.1, -0.05) is 37.9 Å². The van der Waals surface area contributed by atoms with E-state index in [1.54, 1.807) is 0 Å². The van der Waals surface area contributed by atoms with E-state index in [0.29, 0.717) is 10.7 Å². The predicted molar refractivity (Wildman–Crippen MR) is 74.2 cm³/mol. The molecule has 0 saturated heterocycles. The van der Waals surface area contributed by atoms with Crippen molar-refractivity contribution in [3.05, 3.63) is 35.4 Å². The van der Waals surface area contributed by atoms with Gasteiger partial charge in [0.2, 0.25) is 5.91 Å². The Morgan fingerprint density at radius 2 is 1.78 bits per heavy atom. The van der Waals surface area contributed by atoms with Gasteiger partial charge >= 0.3 is 0 Å². The monoisotopic (exact) mass is 383 g/mol. The minimum atomic E-state index is -0.704. The molecular formula is C12H13Br2F2NO. The van der Waals surface area contributed by atoms with Crippen molar-refractivity contribution in [1.82, 2.24) is 5.32 Å². The lowest BCUT2D eigenvalue weighted by molar-refractivity contribution is -0.121. The fraction of sp³-hybridized carbons (Fsp3) is 0.417. The Hall–Kier alpha value is -0.490. The molecule has 0 fully saturated rings. The van der Waals surface area contributed by atoms with Crippen molar-refractivity contribution in [1.29, 1.82) is 0 Å². The minimum absolute atomic E-state index is 0.207. The number of carbonyl (C=O) groups excluding carboxylic acids is 1. The zero-order valence-electron chi connectivity index (χ0n) is 9.77. The van der Waals surface area contributed by atoms with E-state index >= 15 is 0 Å². The van der Waals surface area contributed by atoms with Gasteiger partial charge in [-0.15, -0.1) is 0 Å². The third-order valence-electron chi connectivity index (χ3n) is 2.43. The first kappa shape index (κ1) is 15.6. The molecule has 1 N–H and O–H groups in total. The molecule has 0 aliphatic heterocycles. The Morgan fingerprint density at radius 3 is 2.22 bits per heavy atom. The first-order valence-electron chi connectivity index (χ1n) is 5.27. The second kappa shape index (κ2) is 6.61. The van der Waals surface area contributed by atoms with E-state index in [4.69, 9.17) is 0 Å². The Bertz CT molecular complexity index is 416. The molecule has 0 spiro atoms. The molecule has 0 bridgehead atoms. The van der Waals surface area contributed by atoms with Gasteiger partial charge in [0.1, 0.15) is 11.6 Å². The lowest BCUT2D eigenvalue weighted by Gasteiger charge is -2.26. The van der Waals surface area contributed by atoms with Gasteiger partial charge in [-0.3, -0.25) is 4.79 Å². The van der Waals surface area contributed by atoms with Crippen LogP contribution in [-0.2, 0) is 11.2 Å². The molecule has 1 aromatic rings. The Morgan fingerprint density at radius 1 is 1.28 bits per heavy atom. The summed E-state index contributed by atoms with van der Waals surface area (Å²) in [6.07, 6.45) is -0.311. The SMILES string of the molecule is CC(CBr)(CBr)NC(=O)Cc1c(F)cccc1F. The van der Waals surface area contributed by atoms with Crippen LogP contribution in [0.4, 0.5) is 8.78 Å². The fourth-order valence-electron chi connectivity index (χ4n) is 1.35. The predicted octanol–water partition coefficient (Wildman–Crippen LogP) is 3.17. The fourth-order valence-corrected chi connectivity index (χ4v) is 2.55. The van der Waals surface area contributed by atoms with Gasteiger partial charge < -0.3 is 5.32 Å². The van der Waals surface area contributed by atoms with Crippen LogP contribution in [0.15, 0.2) is 18.2 Å². The molecule has 0 unspecified atom stereocenters. The van der Waals surface area contributed by atoms with Crippen molar-refractivity contribution < 1.29 is 13.6 Å². The highest BCUT2D eigenvalue weighted by Crippen LogP contribution is 2.15. The summed E-state index contributed by atoms with van der Waals surface area (Å²) in [6.45, 7) is 1.83. The molecule has 0 aliphatic rings. The van der Waals surface area contributed by atoms with Crippen LogP contribution in [-0.4, -0.2) is 22.1 Å². The Labute approximate surface area is 121 Å². The highest BCUT2D eigenvalue weighted by Gasteiger charge is 2.24. The number of benzene rings is 1. The van der Waals surface area contributed by atoms with Gasteiger partial charge in [-0.05, 0) is 19.1 Å². The molecule has 18 heavy (non-hydrogen) atoms. The molecular weight excluding hydrogens is 372 g/mol. The molecule has 6 heteroatoms. The van der Waals surface area contributed by atoms with Gasteiger partial charge in [0.25, 0.3) is 0 Å². The van der Waals surface area contributed by atoms with Gasteiger partial charge in [0.05, 0.1) is 12.0 Å². The maximum atomic E-state index is 13.4. The topological polar surface area (TPSA) is 29.1 Å². The Balaban J connectivity index is 2.77. The van der Waals surface area contributed by atoms with Gasteiger partial charge in [-0.2, -0.15) is 0 Å². The third kappa shape index (κ3) is 4.02. The molecule has 0 saturated carbocycles. The Kier molecular flexibility index (Phi) is 5.72. The normalized spacial score (nSPS) is 11.4. The molecule has 100 valence electrons. The number of hydrogen-bond acceptors (Lipinski definition) is 1. The van der Waals surface area contributed by atoms with E-state index in [1.807, 2.05) is 6.92 Å². The van der Waals surface area contributed by atoms with Crippen LogP contribution >= 0.6 is 31.9 Å². The summed E-state index contributed by atoms with van der Waals surface area (Å²) in [5.41, 5.74) is -0.694. The number of nitrogens with one attached hydrogen (secondary N) is 1. The number of halogens is 4. The molecule has 0 aliphatic carbocycles. The van der Waals surface area contributed by atoms with E-state index in [1.165, 1.54) is 6.07 Å². The molecule has 0 heterocycles. The molecule has 0 radical (unpaired) electrons. The van der Waals surface area contributed by atoms with Crippen molar-refractivity contribution in [3.63, 3.8) is 0 Å². The number of alkyl halides is 2. The second-order valence-electron chi connectivity index (χ2n) is 4.25. The first-order chi connectivity index (χ1) is 8.41. The maximum absolute atomic E-state index is 13.4. The highest BCUT2D eigenvalue weighted by atomic mass is 79.9. The smallest absolute Gasteiger partial charge is 0.225 e. The standard InChI is InChI=1S/C12H13Br2F2NO/c1-12(6-13,7-14)17-11(18)5-8-9(15)3-2-4-10(8)16/h2-4H,5-7H2,1H3,(H,17,18). The zero-order chi connectivity index (χ0) is 13.8. The van der Waals surface area contributed by atoms with Crippen molar-refractivity contribution >= 4 is 37.8 Å². The maximum Gasteiger partial charge on any atom is 0.225 e. The lowest BCUT2D eigenvalue weighted by atomic mass is 10.1. The molecule has 1 amide bonds. The number of amides is 1. The summed E-state index contributed by atoms with van der Waals surface area (Å²) in [4.78, 5) is 11.8. The van der Waals surface area contributed by atoms with Gasteiger partial charge in [-0.25, -0.2) is 8.78 Å². The van der Waals surface area contributed by atoms with Crippen molar-refractivity contribution in [2.45, 2.75) is 18.9 Å². The number of carbonyl (C=O) groups is 1. The molecule has 0 atom stereocenters. The highest BCUT2D eigenvalue weighted by molar-refractivity contribution is 9.09. The van der Waals surface area contributed by atoms with Crippen LogP contribution in [0.5, 0.6) is 0 Å². The summed E-state index contributed by atoms with van der Waals surface area (Å²) >= 11 is 6.56. The third-order valence-corrected chi connectivity index (χ3v) is 4.91. The molecule has 1 aromatic carbocycles. The zero-order valence-corrected chi connectivity index (χ0v) is 12.9. The summed E-state index contributed by atoms with van der Waals surface area (Å²) in [5.74, 6) is -1.82. The van der Waals surface area contributed by atoms with Crippen LogP contribution < -0.4 is 5.32 Å². The second-order valence-corrected chi connectivity index (χ2v) is 5.37. The summed E-state index contributed by atoms with van der Waals surface area (Å²) < 4.78 is 26.7. The molecule has 2 nitrogen and oxygen atoms in total. The van der Waals surface area contributed by atoms with Crippen LogP contribution in [0.3, 0.4) is 0 Å². The minimum Gasteiger partial charge on any atom is -0.349 e. The van der Waals surface area contributed by atoms with Gasteiger partial charge in [0.15, 0.2) is 0 Å². The summed E-state index contributed by atoms with van der Waals surface area (Å²) in [6, 6.07) is 3.55. The summed E-state index contributed by atoms with van der Waals surface area (Å²) in [5, 5.41) is 3.81. The van der Waals surface area contributed by atoms with Gasteiger partial charge in [0, 0.05) is 16.2 Å². The van der Waals surface area contributed by atoms with Crippen molar-refractivity contribution in [2.75, 3.05) is 10.7 Å². The number of hydrogen-bond donors (Lipinski definition) is 1. The van der Waals surface area contributed by atoms with Crippen molar-refractivity contribution in [3.8, 4) is 0 Å². The molecule has 0 aromatic heterocycles.